The largest absolute Gasteiger partial charge is 0.262 e. The SMILES string of the molecule is CC(C)[C@H]1N(S(=O)(=O)c2cncc(C#N)c2)CC12CCCCC2. The van der Waals surface area contributed by atoms with Crippen molar-refractivity contribution < 1.29 is 8.42 Å². The number of hydrogen-bond donors (Lipinski definition) is 0. The fourth-order valence-corrected chi connectivity index (χ4v) is 6.37. The second-order valence-corrected chi connectivity index (χ2v) is 9.07. The maximum atomic E-state index is 13.0. The van der Waals surface area contributed by atoms with Crippen LogP contribution in [0.25, 0.3) is 0 Å². The van der Waals surface area contributed by atoms with Crippen LogP contribution >= 0.6 is 0 Å². The van der Waals surface area contributed by atoms with E-state index in [1.807, 2.05) is 6.07 Å². The highest BCUT2D eigenvalue weighted by Crippen LogP contribution is 2.53. The van der Waals surface area contributed by atoms with Gasteiger partial charge in [-0.15, -0.1) is 0 Å². The van der Waals surface area contributed by atoms with Gasteiger partial charge in [-0.25, -0.2) is 8.42 Å². The van der Waals surface area contributed by atoms with Gasteiger partial charge in [0.05, 0.1) is 5.56 Å². The first-order valence-electron chi connectivity index (χ1n) is 8.28. The van der Waals surface area contributed by atoms with Crippen molar-refractivity contribution >= 4 is 10.0 Å². The summed E-state index contributed by atoms with van der Waals surface area (Å²) < 4.78 is 27.6. The molecule has 1 atom stereocenters. The van der Waals surface area contributed by atoms with Gasteiger partial charge in [0.25, 0.3) is 0 Å². The molecule has 0 radical (unpaired) electrons. The van der Waals surface area contributed by atoms with Crippen LogP contribution in [0.5, 0.6) is 0 Å². The third kappa shape index (κ3) is 2.66. The molecule has 0 aromatic carbocycles. The van der Waals surface area contributed by atoms with E-state index in [-0.39, 0.29) is 27.8 Å². The number of hydrogen-bond acceptors (Lipinski definition) is 4. The van der Waals surface area contributed by atoms with Crippen molar-refractivity contribution in [3.05, 3.63) is 24.0 Å². The van der Waals surface area contributed by atoms with Crippen LogP contribution in [-0.4, -0.2) is 30.3 Å². The summed E-state index contributed by atoms with van der Waals surface area (Å²) in [5.74, 6) is 0.281. The Morgan fingerprint density at radius 2 is 2.00 bits per heavy atom. The molecule has 1 saturated carbocycles. The van der Waals surface area contributed by atoms with E-state index in [0.29, 0.717) is 6.54 Å². The average molecular weight is 333 g/mol. The molecule has 6 heteroatoms. The van der Waals surface area contributed by atoms with E-state index in [0.717, 1.165) is 12.8 Å². The summed E-state index contributed by atoms with van der Waals surface area (Å²) in [6, 6.07) is 3.44. The fourth-order valence-electron chi connectivity index (χ4n) is 4.44. The number of rotatable bonds is 3. The van der Waals surface area contributed by atoms with Gasteiger partial charge in [0, 0.05) is 30.4 Å². The Morgan fingerprint density at radius 1 is 1.30 bits per heavy atom. The predicted octanol–water partition coefficient (Wildman–Crippen LogP) is 2.93. The van der Waals surface area contributed by atoms with Crippen molar-refractivity contribution in [2.24, 2.45) is 11.3 Å². The van der Waals surface area contributed by atoms with Gasteiger partial charge in [0.15, 0.2) is 0 Å². The third-order valence-electron chi connectivity index (χ3n) is 5.34. The molecule has 23 heavy (non-hydrogen) atoms. The molecule has 1 aliphatic heterocycles. The quantitative estimate of drug-likeness (QED) is 0.852. The first-order chi connectivity index (χ1) is 10.9. The first kappa shape index (κ1) is 16.4. The Kier molecular flexibility index (Phi) is 4.19. The standard InChI is InChI=1S/C17H23N3O2S/c1-13(2)16-17(6-4-3-5-7-17)12-20(16)23(21,22)15-8-14(9-18)10-19-11-15/h8,10-11,13,16H,3-7,12H2,1-2H3/t16-/m1/s1. The van der Waals surface area contributed by atoms with E-state index in [9.17, 15) is 8.42 Å². The second-order valence-electron chi connectivity index (χ2n) is 7.18. The smallest absolute Gasteiger partial charge is 0.244 e. The van der Waals surface area contributed by atoms with E-state index in [2.05, 4.69) is 18.8 Å². The average Bonchev–Trinajstić information content (AvgIpc) is 2.53. The Bertz CT molecular complexity index is 730. The van der Waals surface area contributed by atoms with Crippen molar-refractivity contribution in [1.29, 1.82) is 5.26 Å². The summed E-state index contributed by atoms with van der Waals surface area (Å²) in [5.41, 5.74) is 0.430. The van der Waals surface area contributed by atoms with Gasteiger partial charge in [-0.05, 0) is 24.8 Å². The van der Waals surface area contributed by atoms with Crippen LogP contribution in [0, 0.1) is 22.7 Å². The van der Waals surface area contributed by atoms with E-state index >= 15 is 0 Å². The molecule has 1 aliphatic carbocycles. The molecule has 3 rings (SSSR count). The van der Waals surface area contributed by atoms with Crippen molar-refractivity contribution in [2.75, 3.05) is 6.54 Å². The summed E-state index contributed by atoms with van der Waals surface area (Å²) >= 11 is 0. The van der Waals surface area contributed by atoms with Gasteiger partial charge in [-0.1, -0.05) is 33.1 Å². The van der Waals surface area contributed by atoms with E-state index < -0.39 is 10.0 Å². The first-order valence-corrected chi connectivity index (χ1v) is 9.72. The number of nitrogens with zero attached hydrogens (tertiary/aromatic N) is 3. The number of aromatic nitrogens is 1. The maximum Gasteiger partial charge on any atom is 0.244 e. The minimum atomic E-state index is -3.58. The minimum absolute atomic E-state index is 0.0542. The van der Waals surface area contributed by atoms with Crippen LogP contribution < -0.4 is 0 Å². The zero-order chi connectivity index (χ0) is 16.7. The topological polar surface area (TPSA) is 74.1 Å². The van der Waals surface area contributed by atoms with Crippen LogP contribution in [-0.2, 0) is 10.0 Å². The highest BCUT2D eigenvalue weighted by atomic mass is 32.2. The molecule has 2 heterocycles. The summed E-state index contributed by atoms with van der Waals surface area (Å²) in [6.45, 7) is 4.81. The van der Waals surface area contributed by atoms with Crippen molar-refractivity contribution in [3.63, 3.8) is 0 Å². The summed E-state index contributed by atoms with van der Waals surface area (Å²) in [5, 5.41) is 8.98. The molecule has 2 fully saturated rings. The molecule has 2 aliphatic rings. The van der Waals surface area contributed by atoms with Crippen molar-refractivity contribution in [3.8, 4) is 6.07 Å². The lowest BCUT2D eigenvalue weighted by atomic mass is 9.61. The Labute approximate surface area is 138 Å². The molecule has 124 valence electrons. The van der Waals surface area contributed by atoms with Gasteiger partial charge in [-0.2, -0.15) is 9.57 Å². The summed E-state index contributed by atoms with van der Waals surface area (Å²) in [7, 11) is -3.58. The number of pyridine rings is 1. The number of sulfonamides is 1. The van der Waals surface area contributed by atoms with Crippen LogP contribution in [0.2, 0.25) is 0 Å². The number of nitriles is 1. The molecule has 0 unspecified atom stereocenters. The molecular weight excluding hydrogens is 310 g/mol. The predicted molar refractivity (Wildman–Crippen MR) is 87.0 cm³/mol. The lowest BCUT2D eigenvalue weighted by Gasteiger charge is -2.60. The molecule has 5 nitrogen and oxygen atoms in total. The second kappa shape index (κ2) is 5.88. The maximum absolute atomic E-state index is 13.0. The van der Waals surface area contributed by atoms with Crippen molar-refractivity contribution in [1.82, 2.24) is 9.29 Å². The molecule has 1 aromatic rings. The lowest BCUT2D eigenvalue weighted by molar-refractivity contribution is -0.0652. The normalized spacial score (nSPS) is 24.3. The molecule has 1 saturated heterocycles. The zero-order valence-corrected chi connectivity index (χ0v) is 14.5. The van der Waals surface area contributed by atoms with Gasteiger partial charge in [-0.3, -0.25) is 4.98 Å². The third-order valence-corrected chi connectivity index (χ3v) is 7.13. The van der Waals surface area contributed by atoms with Crippen LogP contribution in [0.1, 0.15) is 51.5 Å². The zero-order valence-electron chi connectivity index (χ0n) is 13.7. The monoisotopic (exact) mass is 333 g/mol. The van der Waals surface area contributed by atoms with Crippen LogP contribution in [0.15, 0.2) is 23.4 Å². The summed E-state index contributed by atoms with van der Waals surface area (Å²) in [6.07, 6.45) is 8.63. The molecule has 0 amide bonds. The minimum Gasteiger partial charge on any atom is -0.262 e. The highest BCUT2D eigenvalue weighted by molar-refractivity contribution is 7.89. The van der Waals surface area contributed by atoms with Gasteiger partial charge in [0.1, 0.15) is 11.0 Å². The van der Waals surface area contributed by atoms with Crippen LogP contribution in [0.3, 0.4) is 0 Å². The summed E-state index contributed by atoms with van der Waals surface area (Å²) in [4.78, 5) is 4.04. The Hall–Kier alpha value is -1.45. The Morgan fingerprint density at radius 3 is 2.61 bits per heavy atom. The van der Waals surface area contributed by atoms with E-state index in [1.54, 1.807) is 4.31 Å². The highest BCUT2D eigenvalue weighted by Gasteiger charge is 2.57. The fraction of sp³-hybridized carbons (Fsp3) is 0.647. The molecular formula is C17H23N3O2S. The van der Waals surface area contributed by atoms with Gasteiger partial charge in [0.2, 0.25) is 10.0 Å². The molecule has 0 bridgehead atoms. The Balaban J connectivity index is 1.93. The molecule has 0 N–H and O–H groups in total. The van der Waals surface area contributed by atoms with Gasteiger partial charge < -0.3 is 0 Å². The van der Waals surface area contributed by atoms with Gasteiger partial charge >= 0.3 is 0 Å². The van der Waals surface area contributed by atoms with Crippen molar-refractivity contribution in [2.45, 2.75) is 56.9 Å². The van der Waals surface area contributed by atoms with E-state index in [4.69, 9.17) is 5.26 Å². The molecule has 1 aromatic heterocycles. The lowest BCUT2D eigenvalue weighted by Crippen LogP contribution is -2.68. The molecule has 1 spiro atoms. The van der Waals surface area contributed by atoms with Crippen LogP contribution in [0.4, 0.5) is 0 Å². The van der Waals surface area contributed by atoms with E-state index in [1.165, 1.54) is 37.7 Å².